The molecule has 1 atom stereocenters. The van der Waals surface area contributed by atoms with Gasteiger partial charge in [-0.15, -0.1) is 0 Å². The molecule has 0 saturated carbocycles. The monoisotopic (exact) mass is 1000 g/mol. The fourth-order valence-corrected chi connectivity index (χ4v) is 12.9. The van der Waals surface area contributed by atoms with Crippen molar-refractivity contribution < 1.29 is 0 Å². The second-order valence-corrected chi connectivity index (χ2v) is 20.8. The van der Waals surface area contributed by atoms with Crippen molar-refractivity contribution in [2.75, 3.05) is 0 Å². The molecule has 4 aliphatic carbocycles. The summed E-state index contributed by atoms with van der Waals surface area (Å²) in [6.45, 7) is 23.4. The van der Waals surface area contributed by atoms with Crippen molar-refractivity contribution in [2.24, 2.45) is 5.92 Å². The van der Waals surface area contributed by atoms with Crippen molar-refractivity contribution in [3.63, 3.8) is 0 Å². The van der Waals surface area contributed by atoms with Gasteiger partial charge in [0.2, 0.25) is 0 Å². The minimum Gasteiger partial charge on any atom is -0.309 e. The summed E-state index contributed by atoms with van der Waals surface area (Å²) in [7, 11) is 0. The molecule has 0 fully saturated rings. The molecular formula is C76H75N. The molecule has 0 radical (unpaired) electrons. The molecule has 10 aromatic rings. The first-order valence-corrected chi connectivity index (χ1v) is 28.6. The highest BCUT2D eigenvalue weighted by atomic mass is 15.0. The van der Waals surface area contributed by atoms with Gasteiger partial charge in [-0.3, -0.25) is 0 Å². The van der Waals surface area contributed by atoms with E-state index in [4.69, 9.17) is 0 Å². The second kappa shape index (κ2) is 21.9. The first-order valence-electron chi connectivity index (χ1n) is 28.6. The summed E-state index contributed by atoms with van der Waals surface area (Å²) in [4.78, 5) is 0. The molecule has 384 valence electrons. The number of para-hydroxylation sites is 1. The Hall–Kier alpha value is -8.00. The largest absolute Gasteiger partial charge is 0.309 e. The number of hydrogen-bond donors (Lipinski definition) is 0. The van der Waals surface area contributed by atoms with Gasteiger partial charge in [-0.25, -0.2) is 0 Å². The summed E-state index contributed by atoms with van der Waals surface area (Å²) in [6.07, 6.45) is 13.2. The van der Waals surface area contributed by atoms with Crippen LogP contribution in [0.5, 0.6) is 0 Å². The lowest BCUT2D eigenvalue weighted by Crippen LogP contribution is -2.26. The Bertz CT molecular complexity index is 3820. The number of rotatable bonds is 5. The van der Waals surface area contributed by atoms with Gasteiger partial charge in [0.15, 0.2) is 0 Å². The maximum Gasteiger partial charge on any atom is 0.0725 e. The summed E-state index contributed by atoms with van der Waals surface area (Å²) >= 11 is 0. The lowest BCUT2D eigenvalue weighted by atomic mass is 9.70. The summed E-state index contributed by atoms with van der Waals surface area (Å²) in [6, 6.07) is 73.0. The third kappa shape index (κ3) is 8.65. The molecule has 4 aliphatic rings. The number of allylic oxidation sites excluding steroid dienone is 5. The zero-order chi connectivity index (χ0) is 54.0. The lowest BCUT2D eigenvalue weighted by Gasteiger charge is -2.30. The number of benzene rings is 9. The van der Waals surface area contributed by atoms with Crippen molar-refractivity contribution >= 4 is 33.5 Å². The zero-order valence-electron chi connectivity index (χ0n) is 47.3. The molecule has 1 nitrogen and oxygen atoms in total. The first-order chi connectivity index (χ1) is 37.7. The van der Waals surface area contributed by atoms with Crippen molar-refractivity contribution in [3.05, 3.63) is 280 Å². The number of aryl methyl sites for hydroxylation is 1. The van der Waals surface area contributed by atoms with Crippen LogP contribution in [0.1, 0.15) is 137 Å². The standard InChI is InChI=1S/C57H43N.C13H14.3C2H6/c1-5-14-38-25-29-47-46-18-9-13-22-54(46)58(55(47)35(38)2)39-26-30-44-43-27-23-36(32-51(43)56(3,4)52(44)34-39)31-37-24-28-45-42-17-8-12-21-50(42)57(53(45)33-37)48-19-10-6-15-40(48)41-16-7-11-20-49(41)57;1-11-7-9-13(10-8-11)12-5-3-2-4-6-12;3*1-2/h5-30,32-34H,31H2,1-4H3;2-7,9-11H,8H2,1H3;3*1-2H3/b14-5-;;;;. The first kappa shape index (κ1) is 52.4. The molecule has 77 heavy (non-hydrogen) atoms. The molecule has 0 saturated heterocycles. The van der Waals surface area contributed by atoms with Gasteiger partial charge in [0.25, 0.3) is 0 Å². The van der Waals surface area contributed by atoms with E-state index in [9.17, 15) is 0 Å². The molecule has 0 aliphatic heterocycles. The van der Waals surface area contributed by atoms with Crippen LogP contribution in [-0.2, 0) is 17.3 Å². The van der Waals surface area contributed by atoms with E-state index in [1.54, 1.807) is 0 Å². The fourth-order valence-electron chi connectivity index (χ4n) is 12.9. The molecule has 1 heterocycles. The molecule has 0 amide bonds. The highest BCUT2D eigenvalue weighted by molar-refractivity contribution is 6.11. The maximum absolute atomic E-state index is 2.53. The number of aromatic nitrogens is 1. The molecular weight excluding hydrogens is 927 g/mol. The molecule has 1 unspecified atom stereocenters. The molecule has 1 spiro atoms. The molecule has 1 heteroatoms. The summed E-state index contributed by atoms with van der Waals surface area (Å²) in [5.74, 6) is 0.701. The van der Waals surface area contributed by atoms with Crippen LogP contribution in [0.25, 0.3) is 72.5 Å². The van der Waals surface area contributed by atoms with E-state index in [-0.39, 0.29) is 10.8 Å². The number of hydrogen-bond acceptors (Lipinski definition) is 0. The Balaban J connectivity index is 0.000000304. The number of nitrogens with zero attached hydrogens (tertiary/aromatic N) is 1. The zero-order valence-corrected chi connectivity index (χ0v) is 47.3. The predicted octanol–water partition coefficient (Wildman–Crippen LogP) is 21.1. The third-order valence-electron chi connectivity index (χ3n) is 16.4. The van der Waals surface area contributed by atoms with Gasteiger partial charge in [0, 0.05) is 21.9 Å². The Morgan fingerprint density at radius 2 is 1.01 bits per heavy atom. The molecule has 14 rings (SSSR count). The molecule has 9 aromatic carbocycles. The smallest absolute Gasteiger partial charge is 0.0725 e. The van der Waals surface area contributed by atoms with Crippen molar-refractivity contribution in [1.29, 1.82) is 0 Å². The highest BCUT2D eigenvalue weighted by Crippen LogP contribution is 2.63. The Morgan fingerprint density at radius 3 is 1.60 bits per heavy atom. The lowest BCUT2D eigenvalue weighted by molar-refractivity contribution is 0.659. The van der Waals surface area contributed by atoms with Gasteiger partial charge in [0.1, 0.15) is 0 Å². The Morgan fingerprint density at radius 1 is 0.506 bits per heavy atom. The van der Waals surface area contributed by atoms with Gasteiger partial charge < -0.3 is 4.57 Å². The van der Waals surface area contributed by atoms with Gasteiger partial charge >= 0.3 is 0 Å². The van der Waals surface area contributed by atoms with Crippen molar-refractivity contribution in [2.45, 2.75) is 99.8 Å². The Labute approximate surface area is 460 Å². The molecule has 1 aromatic heterocycles. The van der Waals surface area contributed by atoms with E-state index in [1.165, 1.54) is 134 Å². The summed E-state index contributed by atoms with van der Waals surface area (Å²) in [5, 5.41) is 2.60. The average molecular weight is 1000 g/mol. The van der Waals surface area contributed by atoms with E-state index < -0.39 is 0 Å². The topological polar surface area (TPSA) is 4.93 Å². The van der Waals surface area contributed by atoms with E-state index in [0.717, 1.165) is 6.42 Å². The van der Waals surface area contributed by atoms with Crippen LogP contribution in [0.2, 0.25) is 0 Å². The fraction of sp³-hybridized carbons (Fsp3) is 0.211. The van der Waals surface area contributed by atoms with Gasteiger partial charge in [0.05, 0.1) is 16.4 Å². The van der Waals surface area contributed by atoms with Crippen molar-refractivity contribution in [3.8, 4) is 39.1 Å². The van der Waals surface area contributed by atoms with E-state index >= 15 is 0 Å². The maximum atomic E-state index is 2.53. The van der Waals surface area contributed by atoms with Gasteiger partial charge in [-0.1, -0.05) is 269 Å². The van der Waals surface area contributed by atoms with E-state index in [1.807, 2.05) is 41.5 Å². The minimum absolute atomic E-state index is 0.151. The van der Waals surface area contributed by atoms with Gasteiger partial charge in [-0.05, 0) is 151 Å². The van der Waals surface area contributed by atoms with Crippen LogP contribution >= 0.6 is 0 Å². The van der Waals surface area contributed by atoms with Crippen LogP contribution in [0.4, 0.5) is 0 Å². The normalized spacial score (nSPS) is 15.0. The Kier molecular flexibility index (Phi) is 14.9. The van der Waals surface area contributed by atoms with Crippen LogP contribution in [-0.4, -0.2) is 4.57 Å². The molecule has 0 N–H and O–H groups in total. The van der Waals surface area contributed by atoms with Gasteiger partial charge in [-0.2, -0.15) is 0 Å². The van der Waals surface area contributed by atoms with E-state index in [0.29, 0.717) is 5.92 Å². The summed E-state index contributed by atoms with van der Waals surface area (Å²) in [5.41, 5.74) is 27.7. The average Bonchev–Trinajstić information content (AvgIpc) is 4.16. The minimum atomic E-state index is -0.322. The van der Waals surface area contributed by atoms with Crippen LogP contribution < -0.4 is 0 Å². The molecule has 0 bridgehead atoms. The van der Waals surface area contributed by atoms with Crippen LogP contribution in [0.3, 0.4) is 0 Å². The highest BCUT2D eigenvalue weighted by Gasteiger charge is 2.51. The predicted molar refractivity (Wildman–Crippen MR) is 335 cm³/mol. The van der Waals surface area contributed by atoms with Crippen LogP contribution in [0.15, 0.2) is 218 Å². The SMILES string of the molecule is C/C=C\c1ccc2c3ccccc3n(-c3ccc4c(c3)C(C)(C)c3cc(Cc5ccc6c(c5)C5(c7ccccc7-c7ccccc75)c5ccccc5-6)ccc3-4)c2c1C.CC.CC.CC.CC1C=CC(c2ccccc2)=CC1. The third-order valence-corrected chi connectivity index (χ3v) is 16.4. The van der Waals surface area contributed by atoms with Crippen LogP contribution in [0, 0.1) is 12.8 Å². The quantitative estimate of drug-likeness (QED) is 0.162. The second-order valence-electron chi connectivity index (χ2n) is 20.8. The van der Waals surface area contributed by atoms with Crippen molar-refractivity contribution in [1.82, 2.24) is 4.57 Å². The van der Waals surface area contributed by atoms with E-state index in [2.05, 4.69) is 264 Å². The summed E-state index contributed by atoms with van der Waals surface area (Å²) < 4.78 is 2.50. The number of fused-ring (bicyclic) bond motifs is 16.